The Morgan fingerprint density at radius 1 is 1.15 bits per heavy atom. The first kappa shape index (κ1) is 16.8. The molecule has 27 heavy (non-hydrogen) atoms. The zero-order valence-corrected chi connectivity index (χ0v) is 15.9. The number of hydrogen-bond acceptors (Lipinski definition) is 5. The van der Waals surface area contributed by atoms with Gasteiger partial charge in [-0.05, 0) is 72.7 Å². The quantitative estimate of drug-likeness (QED) is 0.758. The third-order valence-electron chi connectivity index (χ3n) is 5.89. The van der Waals surface area contributed by atoms with Gasteiger partial charge in [0.2, 0.25) is 5.91 Å². The van der Waals surface area contributed by atoms with Gasteiger partial charge in [-0.2, -0.15) is 4.37 Å². The summed E-state index contributed by atoms with van der Waals surface area (Å²) in [5.41, 5.74) is 3.17. The second kappa shape index (κ2) is 7.02. The van der Waals surface area contributed by atoms with Crippen molar-refractivity contribution in [1.82, 2.24) is 19.6 Å². The topological polar surface area (TPSA) is 58.1 Å². The molecule has 0 saturated carbocycles. The van der Waals surface area contributed by atoms with Gasteiger partial charge < -0.3 is 10.2 Å². The van der Waals surface area contributed by atoms with Crippen LogP contribution in [0.3, 0.4) is 0 Å². The van der Waals surface area contributed by atoms with Gasteiger partial charge in [0.1, 0.15) is 0 Å². The van der Waals surface area contributed by atoms with E-state index in [0.29, 0.717) is 18.4 Å². The molecule has 3 saturated heterocycles. The van der Waals surface area contributed by atoms with Crippen LogP contribution in [0, 0.1) is 5.92 Å². The van der Waals surface area contributed by atoms with Gasteiger partial charge in [0.05, 0.1) is 16.8 Å². The first-order valence-electron chi connectivity index (χ1n) is 9.57. The number of amides is 1. The van der Waals surface area contributed by atoms with Gasteiger partial charge in [0, 0.05) is 30.4 Å². The van der Waals surface area contributed by atoms with Crippen LogP contribution in [0.5, 0.6) is 0 Å². The van der Waals surface area contributed by atoms with E-state index in [4.69, 9.17) is 0 Å². The summed E-state index contributed by atoms with van der Waals surface area (Å²) in [7, 11) is 0. The van der Waals surface area contributed by atoms with E-state index in [0.717, 1.165) is 33.5 Å². The van der Waals surface area contributed by atoms with Crippen molar-refractivity contribution in [1.29, 1.82) is 0 Å². The lowest BCUT2D eigenvalue weighted by Crippen LogP contribution is -2.57. The van der Waals surface area contributed by atoms with E-state index in [1.54, 1.807) is 12.4 Å². The molecule has 3 aromatic rings. The number of nitrogens with zero attached hydrogens (tertiary/aromatic N) is 3. The van der Waals surface area contributed by atoms with Gasteiger partial charge in [-0.1, -0.05) is 12.1 Å². The number of nitrogens with one attached hydrogen (secondary N) is 1. The lowest BCUT2D eigenvalue weighted by Gasteiger charge is -2.44. The number of aromatic nitrogens is 2. The SMILES string of the molecule is O=C(Cc1nsc2cc(-c3ccncc3)ccc12)N[C@H]1CN2CCC1CC2. The van der Waals surface area contributed by atoms with Crippen molar-refractivity contribution >= 4 is 27.5 Å². The second-order valence-electron chi connectivity index (χ2n) is 7.56. The highest BCUT2D eigenvalue weighted by Crippen LogP contribution is 2.30. The van der Waals surface area contributed by atoms with E-state index in [1.807, 2.05) is 12.1 Å². The predicted molar refractivity (Wildman–Crippen MR) is 108 cm³/mol. The van der Waals surface area contributed by atoms with Crippen molar-refractivity contribution in [3.8, 4) is 11.1 Å². The largest absolute Gasteiger partial charge is 0.351 e. The molecule has 6 rings (SSSR count). The van der Waals surface area contributed by atoms with Crippen LogP contribution in [0.2, 0.25) is 0 Å². The van der Waals surface area contributed by atoms with Crippen LogP contribution in [0.25, 0.3) is 21.2 Å². The number of pyridine rings is 1. The van der Waals surface area contributed by atoms with Crippen molar-refractivity contribution in [2.45, 2.75) is 25.3 Å². The van der Waals surface area contributed by atoms with E-state index >= 15 is 0 Å². The molecule has 1 N–H and O–H groups in total. The number of fused-ring (bicyclic) bond motifs is 4. The van der Waals surface area contributed by atoms with Gasteiger partial charge in [0.15, 0.2) is 0 Å². The van der Waals surface area contributed by atoms with Crippen LogP contribution < -0.4 is 5.32 Å². The molecule has 6 heteroatoms. The number of benzene rings is 1. The fourth-order valence-corrected chi connectivity index (χ4v) is 5.21. The molecule has 1 aromatic carbocycles. The second-order valence-corrected chi connectivity index (χ2v) is 8.37. The monoisotopic (exact) mass is 378 g/mol. The maximum atomic E-state index is 12.6. The molecule has 0 unspecified atom stereocenters. The molecular weight excluding hydrogens is 356 g/mol. The number of piperidine rings is 3. The molecule has 1 atom stereocenters. The van der Waals surface area contributed by atoms with Crippen LogP contribution in [-0.4, -0.2) is 45.8 Å². The molecule has 0 aliphatic carbocycles. The summed E-state index contributed by atoms with van der Waals surface area (Å²) in [6.07, 6.45) is 6.38. The summed E-state index contributed by atoms with van der Waals surface area (Å²) in [4.78, 5) is 19.2. The van der Waals surface area contributed by atoms with Gasteiger partial charge in [-0.3, -0.25) is 9.78 Å². The maximum Gasteiger partial charge on any atom is 0.226 e. The summed E-state index contributed by atoms with van der Waals surface area (Å²) in [5.74, 6) is 0.744. The Morgan fingerprint density at radius 3 is 2.70 bits per heavy atom. The Labute approximate surface area is 162 Å². The fraction of sp³-hybridized carbons (Fsp3) is 0.381. The predicted octanol–water partition coefficient (Wildman–Crippen LogP) is 3.11. The standard InChI is InChI=1S/C21H22N4OS/c26-21(23-19-13-25-9-5-15(19)6-10-25)12-18-17-2-1-16(11-20(17)27-24-18)14-3-7-22-8-4-14/h1-4,7-8,11,15,19H,5-6,9-10,12-13H2,(H,23,26)/t19-/m0/s1. The molecule has 2 aromatic heterocycles. The minimum Gasteiger partial charge on any atom is -0.351 e. The van der Waals surface area contributed by atoms with Crippen LogP contribution in [-0.2, 0) is 11.2 Å². The molecule has 1 amide bonds. The van der Waals surface area contributed by atoms with Crippen LogP contribution in [0.15, 0.2) is 42.7 Å². The number of carbonyl (C=O) groups is 1. The first-order valence-corrected chi connectivity index (χ1v) is 10.3. The number of carbonyl (C=O) groups excluding carboxylic acids is 1. The van der Waals surface area contributed by atoms with Crippen LogP contribution in [0.4, 0.5) is 0 Å². The summed E-state index contributed by atoms with van der Waals surface area (Å²) >= 11 is 1.47. The summed E-state index contributed by atoms with van der Waals surface area (Å²) in [6.45, 7) is 3.38. The summed E-state index contributed by atoms with van der Waals surface area (Å²) < 4.78 is 5.69. The van der Waals surface area contributed by atoms with Crippen molar-refractivity contribution in [2.24, 2.45) is 5.92 Å². The van der Waals surface area contributed by atoms with E-state index in [9.17, 15) is 4.79 Å². The van der Waals surface area contributed by atoms with Crippen molar-refractivity contribution in [3.63, 3.8) is 0 Å². The average molecular weight is 379 g/mol. The summed E-state index contributed by atoms with van der Waals surface area (Å²) in [5, 5.41) is 4.35. The van der Waals surface area contributed by atoms with Crippen molar-refractivity contribution < 1.29 is 4.79 Å². The van der Waals surface area contributed by atoms with Crippen molar-refractivity contribution in [3.05, 3.63) is 48.4 Å². The van der Waals surface area contributed by atoms with Gasteiger partial charge in [-0.15, -0.1) is 0 Å². The normalized spacial score (nSPS) is 24.2. The number of rotatable bonds is 4. The molecule has 3 fully saturated rings. The molecular formula is C21H22N4OS. The Balaban J connectivity index is 1.31. The summed E-state index contributed by atoms with van der Waals surface area (Å²) in [6, 6.07) is 10.7. The zero-order valence-electron chi connectivity index (χ0n) is 15.1. The Hall–Kier alpha value is -2.31. The van der Waals surface area contributed by atoms with Gasteiger partial charge in [-0.25, -0.2) is 0 Å². The lowest BCUT2D eigenvalue weighted by atomic mass is 9.84. The fourth-order valence-electron chi connectivity index (χ4n) is 4.38. The van der Waals surface area contributed by atoms with Gasteiger partial charge in [0.25, 0.3) is 0 Å². The van der Waals surface area contributed by atoms with Crippen LogP contribution in [0.1, 0.15) is 18.5 Å². The average Bonchev–Trinajstić information content (AvgIpc) is 3.11. The highest BCUT2D eigenvalue weighted by atomic mass is 32.1. The minimum atomic E-state index is 0.0964. The molecule has 0 spiro atoms. The Bertz CT molecular complexity index is 963. The Kier molecular flexibility index (Phi) is 4.38. The zero-order chi connectivity index (χ0) is 18.2. The first-order chi connectivity index (χ1) is 13.3. The molecule has 5 heterocycles. The highest BCUT2D eigenvalue weighted by molar-refractivity contribution is 7.13. The van der Waals surface area contributed by atoms with E-state index in [-0.39, 0.29) is 5.91 Å². The van der Waals surface area contributed by atoms with E-state index in [2.05, 4.69) is 37.8 Å². The maximum absolute atomic E-state index is 12.6. The van der Waals surface area contributed by atoms with E-state index < -0.39 is 0 Å². The molecule has 2 bridgehead atoms. The molecule has 5 nitrogen and oxygen atoms in total. The molecule has 3 aliphatic heterocycles. The smallest absolute Gasteiger partial charge is 0.226 e. The molecule has 0 radical (unpaired) electrons. The molecule has 138 valence electrons. The number of hydrogen-bond donors (Lipinski definition) is 1. The molecule has 3 aliphatic rings. The van der Waals surface area contributed by atoms with E-state index in [1.165, 1.54) is 37.5 Å². The third kappa shape index (κ3) is 3.35. The van der Waals surface area contributed by atoms with Crippen LogP contribution >= 0.6 is 11.5 Å². The van der Waals surface area contributed by atoms with Crippen molar-refractivity contribution in [2.75, 3.05) is 19.6 Å². The third-order valence-corrected chi connectivity index (χ3v) is 6.74. The van der Waals surface area contributed by atoms with Gasteiger partial charge >= 0.3 is 0 Å². The highest BCUT2D eigenvalue weighted by Gasteiger charge is 2.34. The lowest BCUT2D eigenvalue weighted by molar-refractivity contribution is -0.122. The minimum absolute atomic E-state index is 0.0964. The Morgan fingerprint density at radius 2 is 1.96 bits per heavy atom.